The molecule has 0 bridgehead atoms. The number of carbonyl (C=O) groups is 1. The number of carbonyl (C=O) groups excluding carboxylic acids is 1. The number of nitrogens with zero attached hydrogens (tertiary/aromatic N) is 2. The number of sulfonamides is 1. The lowest BCUT2D eigenvalue weighted by Crippen LogP contribution is -2.41. The highest BCUT2D eigenvalue weighted by Crippen LogP contribution is 2.20. The standard InChI is InChI=1S/C20H26N4O4S/c1-15-5-4-6-16(2)20(15)22-19(25)14-23(3)18-8-7-17(13-21-18)29(26,27)24-9-11-28-12-10-24/h4-8,13H,9-12,14H2,1-3H3,(H,22,25)/p+1. The largest absolute Gasteiger partial charge is 0.379 e. The van der Waals surface area contributed by atoms with Gasteiger partial charge in [-0.05, 0) is 31.0 Å². The highest BCUT2D eigenvalue weighted by molar-refractivity contribution is 7.89. The fraction of sp³-hybridized carbons (Fsp3) is 0.400. The third-order valence-corrected chi connectivity index (χ3v) is 6.81. The van der Waals surface area contributed by atoms with Crippen LogP contribution in [0.4, 0.5) is 11.5 Å². The summed E-state index contributed by atoms with van der Waals surface area (Å²) in [5, 5.41) is 2.95. The third-order valence-electron chi connectivity index (χ3n) is 4.91. The van der Waals surface area contributed by atoms with E-state index in [-0.39, 0.29) is 17.3 Å². The molecule has 1 amide bonds. The summed E-state index contributed by atoms with van der Waals surface area (Å²) in [5.74, 6) is 0.492. The normalized spacial score (nSPS) is 15.1. The summed E-state index contributed by atoms with van der Waals surface area (Å²) in [6.07, 6.45) is 1.46. The number of hydrogen-bond acceptors (Lipinski definition) is 5. The maximum absolute atomic E-state index is 12.7. The minimum atomic E-state index is -3.55. The minimum absolute atomic E-state index is 0.125. The van der Waals surface area contributed by atoms with Crippen molar-refractivity contribution in [2.75, 3.05) is 50.1 Å². The van der Waals surface area contributed by atoms with Gasteiger partial charge in [-0.15, -0.1) is 0 Å². The van der Waals surface area contributed by atoms with Crippen LogP contribution in [0.1, 0.15) is 11.1 Å². The van der Waals surface area contributed by atoms with E-state index >= 15 is 0 Å². The molecule has 9 heteroatoms. The Balaban J connectivity index is 1.65. The molecule has 1 aromatic heterocycles. The van der Waals surface area contributed by atoms with E-state index in [1.165, 1.54) is 10.5 Å². The molecule has 0 radical (unpaired) electrons. The molecule has 0 spiro atoms. The number of para-hydroxylation sites is 1. The third kappa shape index (κ3) is 4.92. The maximum Gasteiger partial charge on any atom is 0.274 e. The highest BCUT2D eigenvalue weighted by Gasteiger charge is 2.27. The second kappa shape index (κ2) is 8.89. The van der Waals surface area contributed by atoms with Gasteiger partial charge in [0.2, 0.25) is 10.0 Å². The molecular weight excluding hydrogens is 392 g/mol. The second-order valence-electron chi connectivity index (χ2n) is 7.10. The summed E-state index contributed by atoms with van der Waals surface area (Å²) in [5.41, 5.74) is 2.83. The lowest BCUT2D eigenvalue weighted by atomic mass is 10.1. The number of aryl methyl sites for hydroxylation is 2. The van der Waals surface area contributed by atoms with E-state index in [2.05, 4.69) is 10.3 Å². The fourth-order valence-electron chi connectivity index (χ4n) is 3.23. The van der Waals surface area contributed by atoms with Crippen molar-refractivity contribution in [3.8, 4) is 0 Å². The molecule has 156 valence electrons. The van der Waals surface area contributed by atoms with Gasteiger partial charge >= 0.3 is 0 Å². The second-order valence-corrected chi connectivity index (χ2v) is 9.04. The van der Waals surface area contributed by atoms with E-state index in [1.54, 1.807) is 24.1 Å². The van der Waals surface area contributed by atoms with Crippen molar-refractivity contribution in [3.05, 3.63) is 47.7 Å². The number of ether oxygens (including phenoxy) is 1. The van der Waals surface area contributed by atoms with E-state index in [0.29, 0.717) is 32.1 Å². The van der Waals surface area contributed by atoms with E-state index in [1.807, 2.05) is 32.0 Å². The van der Waals surface area contributed by atoms with Crippen LogP contribution in [0, 0.1) is 13.8 Å². The molecule has 2 N–H and O–H groups in total. The Kier molecular flexibility index (Phi) is 6.51. The molecule has 1 aromatic carbocycles. The first-order chi connectivity index (χ1) is 13.8. The summed E-state index contributed by atoms with van der Waals surface area (Å²) in [6.45, 7) is 5.53. The quantitative estimate of drug-likeness (QED) is 0.760. The number of H-pyrrole nitrogens is 1. The van der Waals surface area contributed by atoms with Crippen LogP contribution >= 0.6 is 0 Å². The number of nitrogens with one attached hydrogen (secondary N) is 2. The molecule has 1 fully saturated rings. The average Bonchev–Trinajstić information content (AvgIpc) is 2.71. The molecule has 1 saturated heterocycles. The molecule has 0 unspecified atom stereocenters. The maximum atomic E-state index is 12.7. The first-order valence-corrected chi connectivity index (χ1v) is 10.9. The molecule has 0 saturated carbocycles. The van der Waals surface area contributed by atoms with E-state index in [4.69, 9.17) is 4.74 Å². The SMILES string of the molecule is Cc1cccc(C)c1NC(=O)CN(C)c1ccc(S(=O)(=O)N2CCOCC2)c[nH+]1. The number of morpholine rings is 1. The summed E-state index contributed by atoms with van der Waals surface area (Å²) in [7, 11) is -1.78. The molecular formula is C20H27N4O4S+. The van der Waals surface area contributed by atoms with Gasteiger partial charge in [0.15, 0.2) is 6.54 Å². The van der Waals surface area contributed by atoms with Gasteiger partial charge in [-0.3, -0.25) is 9.69 Å². The van der Waals surface area contributed by atoms with Gasteiger partial charge in [-0.1, -0.05) is 18.2 Å². The monoisotopic (exact) mass is 419 g/mol. The first kappa shape index (κ1) is 21.2. The number of benzene rings is 1. The van der Waals surface area contributed by atoms with Crippen molar-refractivity contribution in [2.45, 2.75) is 18.7 Å². The average molecular weight is 420 g/mol. The van der Waals surface area contributed by atoms with Crippen molar-refractivity contribution in [1.82, 2.24) is 4.31 Å². The van der Waals surface area contributed by atoms with Crippen LogP contribution in [0.2, 0.25) is 0 Å². The summed E-state index contributed by atoms with van der Waals surface area (Å²) in [4.78, 5) is 17.4. The minimum Gasteiger partial charge on any atom is -0.379 e. The number of rotatable bonds is 6. The molecule has 1 aliphatic rings. The number of likely N-dealkylation sites (N-methyl/N-ethyl adjacent to an activating group) is 1. The van der Waals surface area contributed by atoms with Crippen LogP contribution in [-0.4, -0.2) is 58.5 Å². The van der Waals surface area contributed by atoms with Crippen LogP contribution in [0.15, 0.2) is 41.4 Å². The number of aromatic nitrogens is 1. The number of pyridine rings is 1. The topological polar surface area (TPSA) is 93.1 Å². The lowest BCUT2D eigenvalue weighted by Gasteiger charge is -2.25. The molecule has 0 aliphatic carbocycles. The van der Waals surface area contributed by atoms with E-state index in [9.17, 15) is 13.2 Å². The van der Waals surface area contributed by atoms with E-state index in [0.717, 1.165) is 16.8 Å². The predicted molar refractivity (Wildman–Crippen MR) is 110 cm³/mol. The van der Waals surface area contributed by atoms with Crippen molar-refractivity contribution < 1.29 is 22.9 Å². The van der Waals surface area contributed by atoms with Gasteiger partial charge < -0.3 is 10.1 Å². The Labute approximate surface area is 171 Å². The van der Waals surface area contributed by atoms with Gasteiger partial charge in [-0.2, -0.15) is 4.31 Å². The van der Waals surface area contributed by atoms with Crippen LogP contribution < -0.4 is 15.2 Å². The highest BCUT2D eigenvalue weighted by atomic mass is 32.2. The van der Waals surface area contributed by atoms with Gasteiger partial charge in [0, 0.05) is 24.8 Å². The molecule has 8 nitrogen and oxygen atoms in total. The van der Waals surface area contributed by atoms with Crippen molar-refractivity contribution in [1.29, 1.82) is 0 Å². The zero-order valence-electron chi connectivity index (χ0n) is 16.9. The zero-order valence-corrected chi connectivity index (χ0v) is 17.8. The zero-order chi connectivity index (χ0) is 21.0. The van der Waals surface area contributed by atoms with Gasteiger partial charge in [0.05, 0.1) is 20.3 Å². The summed E-state index contributed by atoms with van der Waals surface area (Å²) < 4.78 is 32.0. The van der Waals surface area contributed by atoms with Crippen molar-refractivity contribution >= 4 is 27.4 Å². The van der Waals surface area contributed by atoms with Gasteiger partial charge in [0.1, 0.15) is 11.1 Å². The predicted octanol–water partition coefficient (Wildman–Crippen LogP) is 1.21. The van der Waals surface area contributed by atoms with Crippen LogP contribution in [0.3, 0.4) is 0 Å². The smallest absolute Gasteiger partial charge is 0.274 e. The Morgan fingerprint density at radius 1 is 1.17 bits per heavy atom. The van der Waals surface area contributed by atoms with Crippen molar-refractivity contribution in [2.24, 2.45) is 0 Å². The fourth-order valence-corrected chi connectivity index (χ4v) is 4.60. The molecule has 3 rings (SSSR count). The number of aromatic amines is 1. The molecule has 2 heterocycles. The Hall–Kier alpha value is -2.49. The van der Waals surface area contributed by atoms with Gasteiger partial charge in [-0.25, -0.2) is 13.4 Å². The summed E-state index contributed by atoms with van der Waals surface area (Å²) in [6, 6.07) is 9.07. The van der Waals surface area contributed by atoms with Crippen LogP contribution in [0.5, 0.6) is 0 Å². The molecule has 29 heavy (non-hydrogen) atoms. The Morgan fingerprint density at radius 3 is 2.41 bits per heavy atom. The Bertz CT molecular complexity index is 950. The number of hydrogen-bond donors (Lipinski definition) is 1. The van der Waals surface area contributed by atoms with Crippen molar-refractivity contribution in [3.63, 3.8) is 0 Å². The lowest BCUT2D eigenvalue weighted by molar-refractivity contribution is -0.366. The van der Waals surface area contributed by atoms with E-state index < -0.39 is 10.0 Å². The molecule has 2 aromatic rings. The number of anilines is 2. The first-order valence-electron chi connectivity index (χ1n) is 9.46. The molecule has 1 aliphatic heterocycles. The Morgan fingerprint density at radius 2 is 1.83 bits per heavy atom. The van der Waals surface area contributed by atoms with Crippen LogP contribution in [0.25, 0.3) is 0 Å². The van der Waals surface area contributed by atoms with Gasteiger partial charge in [0.25, 0.3) is 11.7 Å². The number of amides is 1. The van der Waals surface area contributed by atoms with Crippen LogP contribution in [-0.2, 0) is 19.6 Å². The molecule has 0 atom stereocenters. The summed E-state index contributed by atoms with van der Waals surface area (Å²) >= 11 is 0.